The number of carboxylic acids is 1. The van der Waals surface area contributed by atoms with Crippen molar-refractivity contribution in [2.45, 2.75) is 13.5 Å². The molecule has 20 heavy (non-hydrogen) atoms. The van der Waals surface area contributed by atoms with E-state index < -0.39 is 11.7 Å². The summed E-state index contributed by atoms with van der Waals surface area (Å²) in [5.41, 5.74) is -0.383. The fourth-order valence-electron chi connectivity index (χ4n) is 1.63. The van der Waals surface area contributed by atoms with Gasteiger partial charge in [0.1, 0.15) is 0 Å². The lowest BCUT2D eigenvalue weighted by Crippen LogP contribution is -2.30. The van der Waals surface area contributed by atoms with E-state index in [-0.39, 0.29) is 5.56 Å². The van der Waals surface area contributed by atoms with Gasteiger partial charge in [-0.1, -0.05) is 0 Å². The number of H-pyrrole nitrogens is 1. The van der Waals surface area contributed by atoms with Crippen molar-refractivity contribution in [3.05, 3.63) is 60.6 Å². The van der Waals surface area contributed by atoms with Gasteiger partial charge in [-0.05, 0) is 25.1 Å². The summed E-state index contributed by atoms with van der Waals surface area (Å²) < 4.78 is 1.41. The third-order valence-corrected chi connectivity index (χ3v) is 3.62. The molecule has 0 aliphatic rings. The molecular weight excluding hydrogens is 280 g/mol. The predicted octanol–water partition coefficient (Wildman–Crippen LogP) is 1.05. The maximum absolute atomic E-state index is 11.6. The SMILES string of the molecule is Cc1cn(Cc2ccc(C=CC(=O)O)s2)c(=O)[nH]c1=O. The maximum atomic E-state index is 11.6. The molecule has 0 aliphatic carbocycles. The smallest absolute Gasteiger partial charge is 0.328 e. The second-order valence-corrected chi connectivity index (χ2v) is 5.37. The predicted molar refractivity (Wildman–Crippen MR) is 76.2 cm³/mol. The minimum Gasteiger partial charge on any atom is -0.478 e. The number of hydrogen-bond donors (Lipinski definition) is 2. The van der Waals surface area contributed by atoms with Crippen LogP contribution in [0.2, 0.25) is 0 Å². The van der Waals surface area contributed by atoms with Crippen LogP contribution in [0.15, 0.2) is 34.0 Å². The zero-order valence-corrected chi connectivity index (χ0v) is 11.4. The van der Waals surface area contributed by atoms with Crippen LogP contribution in [-0.2, 0) is 11.3 Å². The first kappa shape index (κ1) is 14.0. The van der Waals surface area contributed by atoms with Gasteiger partial charge in [-0.15, -0.1) is 11.3 Å². The number of rotatable bonds is 4. The minimum absolute atomic E-state index is 0.335. The van der Waals surface area contributed by atoms with Crippen molar-refractivity contribution in [1.82, 2.24) is 9.55 Å². The lowest BCUT2D eigenvalue weighted by Gasteiger charge is -2.03. The van der Waals surface area contributed by atoms with Crippen LogP contribution in [0.3, 0.4) is 0 Å². The van der Waals surface area contributed by atoms with E-state index in [9.17, 15) is 14.4 Å². The summed E-state index contributed by atoms with van der Waals surface area (Å²) in [6.45, 7) is 1.96. The Morgan fingerprint density at radius 2 is 2.20 bits per heavy atom. The van der Waals surface area contributed by atoms with Crippen molar-refractivity contribution in [3.8, 4) is 0 Å². The topological polar surface area (TPSA) is 92.2 Å². The van der Waals surface area contributed by atoms with Gasteiger partial charge < -0.3 is 5.11 Å². The lowest BCUT2D eigenvalue weighted by molar-refractivity contribution is -0.131. The average molecular weight is 292 g/mol. The van der Waals surface area contributed by atoms with Crippen LogP contribution >= 0.6 is 11.3 Å². The summed E-state index contributed by atoms with van der Waals surface area (Å²) in [5.74, 6) is -1.01. The molecule has 2 rings (SSSR count). The lowest BCUT2D eigenvalue weighted by atomic mass is 10.3. The summed E-state index contributed by atoms with van der Waals surface area (Å²) >= 11 is 1.39. The molecule has 0 saturated carbocycles. The summed E-state index contributed by atoms with van der Waals surface area (Å²) in [5, 5.41) is 8.55. The second-order valence-electron chi connectivity index (χ2n) is 4.17. The minimum atomic E-state index is -1.01. The van der Waals surface area contributed by atoms with Gasteiger partial charge in [0.05, 0.1) is 6.54 Å². The van der Waals surface area contributed by atoms with Crippen LogP contribution in [0.25, 0.3) is 6.08 Å². The first-order valence-corrected chi connectivity index (χ1v) is 6.57. The van der Waals surface area contributed by atoms with Crippen LogP contribution < -0.4 is 11.2 Å². The normalized spacial score (nSPS) is 11.1. The molecule has 0 spiro atoms. The molecule has 2 N–H and O–H groups in total. The van der Waals surface area contributed by atoms with E-state index in [0.717, 1.165) is 15.8 Å². The van der Waals surface area contributed by atoms with Crippen LogP contribution in [0.4, 0.5) is 0 Å². The molecule has 2 aromatic heterocycles. The molecule has 0 amide bonds. The van der Waals surface area contributed by atoms with Gasteiger partial charge >= 0.3 is 11.7 Å². The van der Waals surface area contributed by atoms with Crippen molar-refractivity contribution in [1.29, 1.82) is 0 Å². The molecule has 0 aliphatic heterocycles. The van der Waals surface area contributed by atoms with Gasteiger partial charge in [0.2, 0.25) is 0 Å². The van der Waals surface area contributed by atoms with Gasteiger partial charge in [-0.2, -0.15) is 0 Å². The van der Waals surface area contributed by atoms with Gasteiger partial charge in [0, 0.05) is 27.6 Å². The fourth-order valence-corrected chi connectivity index (χ4v) is 2.54. The van der Waals surface area contributed by atoms with Gasteiger partial charge in [0.25, 0.3) is 5.56 Å². The van der Waals surface area contributed by atoms with Gasteiger partial charge in [-0.3, -0.25) is 14.3 Å². The molecule has 0 fully saturated rings. The Hall–Kier alpha value is -2.41. The van der Waals surface area contributed by atoms with E-state index in [1.807, 2.05) is 6.07 Å². The van der Waals surface area contributed by atoms with E-state index in [2.05, 4.69) is 4.98 Å². The number of nitrogens with zero attached hydrogens (tertiary/aromatic N) is 1. The third-order valence-electron chi connectivity index (χ3n) is 2.59. The van der Waals surface area contributed by atoms with Crippen LogP contribution in [0.5, 0.6) is 0 Å². The first-order valence-electron chi connectivity index (χ1n) is 5.76. The quantitative estimate of drug-likeness (QED) is 0.824. The highest BCUT2D eigenvalue weighted by atomic mass is 32.1. The molecular formula is C13H12N2O4S. The van der Waals surface area contributed by atoms with Gasteiger partial charge in [-0.25, -0.2) is 9.59 Å². The molecule has 2 heterocycles. The van der Waals surface area contributed by atoms with Gasteiger partial charge in [0.15, 0.2) is 0 Å². The van der Waals surface area contributed by atoms with Crippen LogP contribution in [0, 0.1) is 6.92 Å². The highest BCUT2D eigenvalue weighted by molar-refractivity contribution is 7.12. The number of aromatic nitrogens is 2. The molecule has 0 radical (unpaired) electrons. The summed E-state index contributed by atoms with van der Waals surface area (Å²) in [4.78, 5) is 37.2. The molecule has 0 bridgehead atoms. The van der Waals surface area contributed by atoms with Crippen molar-refractivity contribution >= 4 is 23.4 Å². The second kappa shape index (κ2) is 5.70. The Bertz CT molecular complexity index is 782. The highest BCUT2D eigenvalue weighted by Crippen LogP contribution is 2.18. The summed E-state index contributed by atoms with van der Waals surface area (Å²) in [6.07, 6.45) is 4.07. The molecule has 0 atom stereocenters. The van der Waals surface area contributed by atoms with Crippen molar-refractivity contribution < 1.29 is 9.90 Å². The summed E-state index contributed by atoms with van der Waals surface area (Å²) in [6, 6.07) is 3.60. The number of carbonyl (C=O) groups is 1. The van der Waals surface area contributed by atoms with Crippen LogP contribution in [0.1, 0.15) is 15.3 Å². The summed E-state index contributed by atoms with van der Waals surface area (Å²) in [7, 11) is 0. The van der Waals surface area contributed by atoms with Crippen molar-refractivity contribution in [2.24, 2.45) is 0 Å². The zero-order chi connectivity index (χ0) is 14.7. The van der Waals surface area contributed by atoms with E-state index in [1.165, 1.54) is 28.2 Å². The average Bonchev–Trinajstić information content (AvgIpc) is 2.81. The largest absolute Gasteiger partial charge is 0.478 e. The monoisotopic (exact) mass is 292 g/mol. The third kappa shape index (κ3) is 3.33. The Morgan fingerprint density at radius 1 is 1.45 bits per heavy atom. The molecule has 0 unspecified atom stereocenters. The van der Waals surface area contributed by atoms with E-state index in [1.54, 1.807) is 13.0 Å². The van der Waals surface area contributed by atoms with Crippen molar-refractivity contribution in [2.75, 3.05) is 0 Å². The Balaban J connectivity index is 2.23. The molecule has 6 nitrogen and oxygen atoms in total. The Labute approximate surface area is 117 Å². The molecule has 104 valence electrons. The zero-order valence-electron chi connectivity index (χ0n) is 10.6. The number of carboxylic acid groups (broad SMARTS) is 1. The Morgan fingerprint density at radius 3 is 2.90 bits per heavy atom. The molecule has 7 heteroatoms. The maximum Gasteiger partial charge on any atom is 0.328 e. The number of aryl methyl sites for hydroxylation is 1. The number of thiophene rings is 1. The van der Waals surface area contributed by atoms with Crippen molar-refractivity contribution in [3.63, 3.8) is 0 Å². The highest BCUT2D eigenvalue weighted by Gasteiger charge is 2.04. The number of nitrogens with one attached hydrogen (secondary N) is 1. The van der Waals surface area contributed by atoms with E-state index in [4.69, 9.17) is 5.11 Å². The van der Waals surface area contributed by atoms with E-state index in [0.29, 0.717) is 12.1 Å². The fraction of sp³-hybridized carbons (Fsp3) is 0.154. The first-order chi connectivity index (χ1) is 9.45. The number of hydrogen-bond acceptors (Lipinski definition) is 4. The number of aliphatic carboxylic acids is 1. The molecule has 2 aromatic rings. The Kier molecular flexibility index (Phi) is 3.99. The van der Waals surface area contributed by atoms with Crippen LogP contribution in [-0.4, -0.2) is 20.6 Å². The molecule has 0 aromatic carbocycles. The standard InChI is InChI=1S/C13H12N2O4S/c1-8-6-15(13(19)14-12(8)18)7-10-3-2-9(20-10)4-5-11(16)17/h2-6H,7H2,1H3,(H,16,17)(H,14,18,19). The number of aromatic amines is 1. The van der Waals surface area contributed by atoms with E-state index >= 15 is 0 Å². The molecule has 0 saturated heterocycles.